The zero-order chi connectivity index (χ0) is 15.5. The molecule has 0 bridgehead atoms. The third-order valence-electron chi connectivity index (χ3n) is 3.74. The Morgan fingerprint density at radius 1 is 1.43 bits per heavy atom. The maximum Gasteiger partial charge on any atom is 0.416 e. The molecule has 1 aliphatic carbocycles. The largest absolute Gasteiger partial charge is 0.416 e. The smallest absolute Gasteiger partial charge is 0.382 e. The van der Waals surface area contributed by atoms with Gasteiger partial charge < -0.3 is 10.1 Å². The number of carbonyl (C=O) groups excluding carboxylic acids is 1. The molecule has 1 aromatic carbocycles. The van der Waals surface area contributed by atoms with E-state index in [2.05, 4.69) is 5.32 Å². The molecule has 0 radical (unpaired) electrons. The Morgan fingerprint density at radius 3 is 2.67 bits per heavy atom. The van der Waals surface area contributed by atoms with Crippen molar-refractivity contribution in [3.05, 3.63) is 35.4 Å². The van der Waals surface area contributed by atoms with Crippen LogP contribution < -0.4 is 5.32 Å². The molecule has 0 spiro atoms. The van der Waals surface area contributed by atoms with Crippen molar-refractivity contribution in [3.8, 4) is 0 Å². The molecule has 3 nitrogen and oxygen atoms in total. The average molecular weight is 301 g/mol. The fourth-order valence-electron chi connectivity index (χ4n) is 2.28. The summed E-state index contributed by atoms with van der Waals surface area (Å²) in [6.07, 6.45) is -1.69. The first kappa shape index (κ1) is 15.8. The highest BCUT2D eigenvalue weighted by molar-refractivity contribution is 5.79. The predicted molar refractivity (Wildman–Crippen MR) is 71.5 cm³/mol. The summed E-state index contributed by atoms with van der Waals surface area (Å²) in [5.74, 6) is -0.129. The first-order valence-corrected chi connectivity index (χ1v) is 6.88. The quantitative estimate of drug-likeness (QED) is 0.906. The van der Waals surface area contributed by atoms with E-state index in [4.69, 9.17) is 4.74 Å². The van der Waals surface area contributed by atoms with Gasteiger partial charge in [0.25, 0.3) is 0 Å². The van der Waals surface area contributed by atoms with Gasteiger partial charge in [0.2, 0.25) is 5.91 Å². The van der Waals surface area contributed by atoms with Crippen molar-refractivity contribution in [3.63, 3.8) is 0 Å². The SMILES string of the molecule is COCC(NC(=O)C1CCC1)c1cccc(C(F)(F)F)c1. The van der Waals surface area contributed by atoms with Crippen molar-refractivity contribution in [2.45, 2.75) is 31.5 Å². The summed E-state index contributed by atoms with van der Waals surface area (Å²) in [6.45, 7) is 0.139. The average Bonchev–Trinajstić information content (AvgIpc) is 2.35. The minimum atomic E-state index is -4.40. The van der Waals surface area contributed by atoms with Crippen molar-refractivity contribution in [1.29, 1.82) is 0 Å². The van der Waals surface area contributed by atoms with Crippen molar-refractivity contribution >= 4 is 5.91 Å². The summed E-state index contributed by atoms with van der Waals surface area (Å²) in [4.78, 5) is 12.0. The first-order chi connectivity index (χ1) is 9.91. The fourth-order valence-corrected chi connectivity index (χ4v) is 2.28. The van der Waals surface area contributed by atoms with E-state index in [9.17, 15) is 18.0 Å². The molecule has 1 unspecified atom stereocenters. The van der Waals surface area contributed by atoms with Crippen LogP contribution in [0, 0.1) is 5.92 Å². The van der Waals surface area contributed by atoms with Gasteiger partial charge in [0.15, 0.2) is 0 Å². The van der Waals surface area contributed by atoms with E-state index in [1.165, 1.54) is 13.2 Å². The molecular formula is C15H18F3NO2. The summed E-state index contributed by atoms with van der Waals surface area (Å²) in [5.41, 5.74) is -0.321. The van der Waals surface area contributed by atoms with Gasteiger partial charge in [-0.1, -0.05) is 18.6 Å². The van der Waals surface area contributed by atoms with Crippen LogP contribution in [-0.4, -0.2) is 19.6 Å². The highest BCUT2D eigenvalue weighted by Gasteiger charge is 2.32. The molecule has 1 atom stereocenters. The molecule has 0 aromatic heterocycles. The molecule has 0 heterocycles. The number of benzene rings is 1. The Kier molecular flexibility index (Phi) is 4.88. The predicted octanol–water partition coefficient (Wildman–Crippen LogP) is 3.31. The summed E-state index contributed by atoms with van der Waals surface area (Å²) < 4.78 is 43.3. The molecule has 1 N–H and O–H groups in total. The van der Waals surface area contributed by atoms with E-state index >= 15 is 0 Å². The lowest BCUT2D eigenvalue weighted by atomic mass is 9.84. The number of methoxy groups -OCH3 is 1. The van der Waals surface area contributed by atoms with E-state index in [1.54, 1.807) is 6.07 Å². The van der Waals surface area contributed by atoms with Crippen molar-refractivity contribution in [2.24, 2.45) is 5.92 Å². The lowest BCUT2D eigenvalue weighted by molar-refractivity contribution is -0.137. The van der Waals surface area contributed by atoms with E-state index in [0.717, 1.165) is 31.4 Å². The maximum absolute atomic E-state index is 12.8. The van der Waals surface area contributed by atoms with Gasteiger partial charge in [-0.05, 0) is 30.5 Å². The van der Waals surface area contributed by atoms with Gasteiger partial charge in [0.1, 0.15) is 0 Å². The van der Waals surface area contributed by atoms with Crippen LogP contribution in [0.4, 0.5) is 13.2 Å². The lowest BCUT2D eigenvalue weighted by Gasteiger charge is -2.27. The van der Waals surface area contributed by atoms with Crippen molar-refractivity contribution in [1.82, 2.24) is 5.32 Å². The molecule has 1 fully saturated rings. The van der Waals surface area contributed by atoms with Crippen molar-refractivity contribution < 1.29 is 22.7 Å². The highest BCUT2D eigenvalue weighted by atomic mass is 19.4. The molecule has 1 saturated carbocycles. The standard InChI is InChI=1S/C15H18F3NO2/c1-21-9-13(19-14(20)10-4-2-5-10)11-6-3-7-12(8-11)15(16,17)18/h3,6-8,10,13H,2,4-5,9H2,1H3,(H,19,20). The van der Waals surface area contributed by atoms with E-state index < -0.39 is 17.8 Å². The number of alkyl halides is 3. The number of hydrogen-bond acceptors (Lipinski definition) is 2. The Balaban J connectivity index is 2.15. The van der Waals surface area contributed by atoms with Crippen LogP contribution in [0.1, 0.15) is 36.4 Å². The maximum atomic E-state index is 12.8. The van der Waals surface area contributed by atoms with Gasteiger partial charge in [-0.3, -0.25) is 4.79 Å². The molecule has 2 rings (SSSR count). The lowest BCUT2D eigenvalue weighted by Crippen LogP contribution is -2.38. The zero-order valence-corrected chi connectivity index (χ0v) is 11.7. The van der Waals surface area contributed by atoms with Crippen LogP contribution in [0.25, 0.3) is 0 Å². The number of carbonyl (C=O) groups is 1. The molecule has 6 heteroatoms. The Bertz CT molecular complexity index is 498. The number of ether oxygens (including phenoxy) is 1. The van der Waals surface area contributed by atoms with E-state index in [1.807, 2.05) is 0 Å². The molecule has 0 saturated heterocycles. The number of rotatable bonds is 5. The topological polar surface area (TPSA) is 38.3 Å². The zero-order valence-electron chi connectivity index (χ0n) is 11.7. The number of halogens is 3. The second-order valence-corrected chi connectivity index (χ2v) is 5.27. The Hall–Kier alpha value is -1.56. The van der Waals surface area contributed by atoms with Gasteiger partial charge in [0, 0.05) is 13.0 Å². The van der Waals surface area contributed by atoms with Crippen molar-refractivity contribution in [2.75, 3.05) is 13.7 Å². The van der Waals surface area contributed by atoms with Gasteiger partial charge >= 0.3 is 6.18 Å². The van der Waals surface area contributed by atoms with Crippen LogP contribution >= 0.6 is 0 Å². The second kappa shape index (κ2) is 6.47. The highest BCUT2D eigenvalue weighted by Crippen LogP contribution is 2.31. The third-order valence-corrected chi connectivity index (χ3v) is 3.74. The van der Waals surface area contributed by atoms with E-state index in [0.29, 0.717) is 5.56 Å². The molecule has 0 aliphatic heterocycles. The van der Waals surface area contributed by atoms with Gasteiger partial charge in [-0.15, -0.1) is 0 Å². The van der Waals surface area contributed by atoms with Crippen LogP contribution in [0.5, 0.6) is 0 Å². The number of hydrogen-bond donors (Lipinski definition) is 1. The number of amides is 1. The summed E-state index contributed by atoms with van der Waals surface area (Å²) in [7, 11) is 1.45. The minimum Gasteiger partial charge on any atom is -0.382 e. The fraction of sp³-hybridized carbons (Fsp3) is 0.533. The summed E-state index contributed by atoms with van der Waals surface area (Å²) in [6, 6.07) is 4.42. The molecule has 21 heavy (non-hydrogen) atoms. The first-order valence-electron chi connectivity index (χ1n) is 6.88. The van der Waals surface area contributed by atoms with Crippen LogP contribution in [0.2, 0.25) is 0 Å². The Labute approximate surface area is 121 Å². The Morgan fingerprint density at radius 2 is 2.14 bits per heavy atom. The van der Waals surface area contributed by atoms with Crippen LogP contribution in [0.15, 0.2) is 24.3 Å². The minimum absolute atomic E-state index is 0.0184. The van der Waals surface area contributed by atoms with E-state index in [-0.39, 0.29) is 18.4 Å². The molecule has 116 valence electrons. The number of nitrogens with one attached hydrogen (secondary N) is 1. The molecule has 1 aliphatic rings. The van der Waals surface area contributed by atoms with Crippen LogP contribution in [0.3, 0.4) is 0 Å². The third kappa shape index (κ3) is 3.97. The summed E-state index contributed by atoms with van der Waals surface area (Å²) in [5, 5.41) is 2.78. The van der Waals surface area contributed by atoms with Gasteiger partial charge in [-0.2, -0.15) is 13.2 Å². The molecule has 1 amide bonds. The summed E-state index contributed by atoms with van der Waals surface area (Å²) >= 11 is 0. The van der Waals surface area contributed by atoms with Crippen LogP contribution in [-0.2, 0) is 15.7 Å². The normalized spacial score (nSPS) is 17.1. The molecule has 1 aromatic rings. The monoisotopic (exact) mass is 301 g/mol. The molecular weight excluding hydrogens is 283 g/mol. The van der Waals surface area contributed by atoms with Gasteiger partial charge in [0.05, 0.1) is 18.2 Å². The van der Waals surface area contributed by atoms with Gasteiger partial charge in [-0.25, -0.2) is 0 Å². The second-order valence-electron chi connectivity index (χ2n) is 5.27.